The first-order chi connectivity index (χ1) is 8.55. The molecule has 0 aromatic carbocycles. The van der Waals surface area contributed by atoms with Crippen LogP contribution in [0.2, 0.25) is 0 Å². The van der Waals surface area contributed by atoms with Crippen molar-refractivity contribution < 1.29 is 14.6 Å². The highest BCUT2D eigenvalue weighted by molar-refractivity contribution is 5.29. The fourth-order valence-corrected chi connectivity index (χ4v) is 5.17. The summed E-state index contributed by atoms with van der Waals surface area (Å²) in [6, 6.07) is 0. The van der Waals surface area contributed by atoms with E-state index >= 15 is 0 Å². The number of allylic oxidation sites excluding steroid dienone is 1. The Balaban J connectivity index is 1.81. The lowest BCUT2D eigenvalue weighted by molar-refractivity contribution is -0.250. The molecule has 0 aromatic rings. The van der Waals surface area contributed by atoms with Crippen molar-refractivity contribution in [3.63, 3.8) is 0 Å². The number of aliphatic hydroxyl groups is 1. The highest BCUT2D eigenvalue weighted by atomic mass is 16.7. The van der Waals surface area contributed by atoms with E-state index in [0.29, 0.717) is 17.8 Å². The Bertz CT molecular complexity index is 410. The minimum Gasteiger partial charge on any atom is -0.393 e. The molecule has 3 nitrogen and oxygen atoms in total. The van der Waals surface area contributed by atoms with Gasteiger partial charge in [-0.05, 0) is 37.0 Å². The molecule has 5 rings (SSSR count). The molecule has 1 saturated heterocycles. The number of hydrogen-bond donors (Lipinski definition) is 1. The summed E-state index contributed by atoms with van der Waals surface area (Å²) in [7, 11) is 0. The summed E-state index contributed by atoms with van der Waals surface area (Å²) in [5, 5.41) is 10.1. The predicted octanol–water partition coefficient (Wildman–Crippen LogP) is 2.10. The maximum Gasteiger partial charge on any atom is 0.175 e. The third-order valence-corrected chi connectivity index (χ3v) is 6.09. The van der Waals surface area contributed by atoms with Gasteiger partial charge in [-0.1, -0.05) is 18.6 Å². The predicted molar refractivity (Wildman–Crippen MR) is 66.8 cm³/mol. The van der Waals surface area contributed by atoms with E-state index in [4.69, 9.17) is 9.47 Å². The zero-order valence-electron chi connectivity index (χ0n) is 11.2. The van der Waals surface area contributed by atoms with Crippen LogP contribution in [0.4, 0.5) is 0 Å². The molecule has 1 spiro atoms. The molecule has 0 aromatic heterocycles. The van der Waals surface area contributed by atoms with Gasteiger partial charge >= 0.3 is 0 Å². The summed E-state index contributed by atoms with van der Waals surface area (Å²) in [4.78, 5) is 0. The molecule has 5 atom stereocenters. The molecule has 0 radical (unpaired) electrons. The summed E-state index contributed by atoms with van der Waals surface area (Å²) in [5.74, 6) is 1.13. The molecule has 1 heterocycles. The van der Waals surface area contributed by atoms with Crippen LogP contribution in [0.5, 0.6) is 0 Å². The largest absolute Gasteiger partial charge is 0.393 e. The standard InChI is InChI=1S/C15H22O3/c1-9-5-13-11-6-10(16)7-12(11)14(9,2)8-15(13)17-3-4-18-15/h5,10-13,16H,3-4,6-8H2,1-2H3. The van der Waals surface area contributed by atoms with Crippen molar-refractivity contribution in [1.29, 1.82) is 0 Å². The van der Waals surface area contributed by atoms with Crippen LogP contribution in [-0.2, 0) is 9.47 Å². The van der Waals surface area contributed by atoms with Crippen LogP contribution in [-0.4, -0.2) is 30.2 Å². The summed E-state index contributed by atoms with van der Waals surface area (Å²) in [6.45, 7) is 6.03. The van der Waals surface area contributed by atoms with Gasteiger partial charge in [0.05, 0.1) is 19.3 Å². The lowest BCUT2D eigenvalue weighted by Crippen LogP contribution is -2.58. The first kappa shape index (κ1) is 11.4. The van der Waals surface area contributed by atoms with Crippen molar-refractivity contribution in [2.45, 2.75) is 45.0 Å². The Morgan fingerprint density at radius 2 is 2.00 bits per heavy atom. The van der Waals surface area contributed by atoms with Gasteiger partial charge in [0.15, 0.2) is 5.79 Å². The summed E-state index contributed by atoms with van der Waals surface area (Å²) in [5.41, 5.74) is 1.63. The van der Waals surface area contributed by atoms with Crippen LogP contribution in [0.1, 0.15) is 33.1 Å². The molecule has 3 fully saturated rings. The second kappa shape index (κ2) is 3.38. The molecule has 0 amide bonds. The van der Waals surface area contributed by atoms with Gasteiger partial charge in [-0.2, -0.15) is 0 Å². The van der Waals surface area contributed by atoms with Crippen LogP contribution in [0.15, 0.2) is 11.6 Å². The van der Waals surface area contributed by atoms with Gasteiger partial charge in [-0.3, -0.25) is 0 Å². The number of rotatable bonds is 0. The van der Waals surface area contributed by atoms with Gasteiger partial charge in [0, 0.05) is 12.3 Å². The van der Waals surface area contributed by atoms with Gasteiger partial charge < -0.3 is 14.6 Å². The van der Waals surface area contributed by atoms with E-state index in [2.05, 4.69) is 19.9 Å². The topological polar surface area (TPSA) is 38.7 Å². The molecule has 1 aliphatic heterocycles. The Kier molecular flexibility index (Phi) is 2.15. The summed E-state index contributed by atoms with van der Waals surface area (Å²) in [6.07, 6.45) is 5.11. The second-order valence-electron chi connectivity index (χ2n) is 6.87. The van der Waals surface area contributed by atoms with E-state index in [0.717, 1.165) is 32.5 Å². The maximum atomic E-state index is 10.1. The Labute approximate surface area is 108 Å². The zero-order valence-corrected chi connectivity index (χ0v) is 11.2. The smallest absolute Gasteiger partial charge is 0.175 e. The van der Waals surface area contributed by atoms with Crippen molar-refractivity contribution in [2.75, 3.05) is 13.2 Å². The van der Waals surface area contributed by atoms with E-state index in [1.165, 1.54) is 5.57 Å². The first-order valence-electron chi connectivity index (χ1n) is 7.20. The lowest BCUT2D eigenvalue weighted by Gasteiger charge is -2.58. The molecule has 18 heavy (non-hydrogen) atoms. The van der Waals surface area contributed by atoms with Crippen LogP contribution in [0.25, 0.3) is 0 Å². The molecule has 3 heteroatoms. The summed E-state index contributed by atoms with van der Waals surface area (Å²) < 4.78 is 12.0. The molecule has 1 N–H and O–H groups in total. The maximum absolute atomic E-state index is 10.1. The fraction of sp³-hybridized carbons (Fsp3) is 0.867. The zero-order chi connectivity index (χ0) is 12.5. The van der Waals surface area contributed by atoms with E-state index in [9.17, 15) is 5.11 Å². The van der Waals surface area contributed by atoms with E-state index < -0.39 is 0 Å². The molecule has 2 saturated carbocycles. The van der Waals surface area contributed by atoms with E-state index in [1.54, 1.807) is 0 Å². The van der Waals surface area contributed by atoms with E-state index in [1.807, 2.05) is 0 Å². The molecule has 2 bridgehead atoms. The number of aliphatic hydroxyl groups excluding tert-OH is 1. The Morgan fingerprint density at radius 1 is 1.28 bits per heavy atom. The highest BCUT2D eigenvalue weighted by Gasteiger charge is 2.65. The minimum absolute atomic E-state index is 0.127. The van der Waals surface area contributed by atoms with Crippen molar-refractivity contribution in [2.24, 2.45) is 23.2 Å². The van der Waals surface area contributed by atoms with Gasteiger partial charge in [0.2, 0.25) is 0 Å². The van der Waals surface area contributed by atoms with Crippen LogP contribution < -0.4 is 0 Å². The third kappa shape index (κ3) is 1.21. The van der Waals surface area contributed by atoms with Crippen molar-refractivity contribution in [3.8, 4) is 0 Å². The third-order valence-electron chi connectivity index (χ3n) is 6.09. The van der Waals surface area contributed by atoms with Gasteiger partial charge in [-0.15, -0.1) is 0 Å². The van der Waals surface area contributed by atoms with Gasteiger partial charge in [-0.25, -0.2) is 0 Å². The number of hydrogen-bond acceptors (Lipinski definition) is 3. The van der Waals surface area contributed by atoms with Crippen LogP contribution >= 0.6 is 0 Å². The average Bonchev–Trinajstić information content (AvgIpc) is 2.90. The van der Waals surface area contributed by atoms with Crippen molar-refractivity contribution in [1.82, 2.24) is 0 Å². The second-order valence-corrected chi connectivity index (χ2v) is 6.87. The van der Waals surface area contributed by atoms with Crippen LogP contribution in [0, 0.1) is 23.2 Å². The molecule has 5 aliphatic rings. The molecule has 4 aliphatic carbocycles. The quantitative estimate of drug-likeness (QED) is 0.669. The molecular formula is C15H22O3. The van der Waals surface area contributed by atoms with Crippen LogP contribution in [0.3, 0.4) is 0 Å². The Morgan fingerprint density at radius 3 is 2.72 bits per heavy atom. The van der Waals surface area contributed by atoms with Gasteiger partial charge in [0.25, 0.3) is 0 Å². The molecule has 5 unspecified atom stereocenters. The van der Waals surface area contributed by atoms with Crippen molar-refractivity contribution in [3.05, 3.63) is 11.6 Å². The van der Waals surface area contributed by atoms with E-state index in [-0.39, 0.29) is 17.3 Å². The fourth-order valence-electron chi connectivity index (χ4n) is 5.17. The first-order valence-corrected chi connectivity index (χ1v) is 7.20. The van der Waals surface area contributed by atoms with Crippen molar-refractivity contribution >= 4 is 0 Å². The number of ether oxygens (including phenoxy) is 2. The minimum atomic E-state index is -0.376. The monoisotopic (exact) mass is 250 g/mol. The molecule has 100 valence electrons. The normalized spacial score (nSPS) is 52.7. The average molecular weight is 250 g/mol. The lowest BCUT2D eigenvalue weighted by atomic mass is 9.50. The SMILES string of the molecule is CC1=CC2C3CC(O)CC3C1(C)CC21OCCO1. The van der Waals surface area contributed by atoms with Gasteiger partial charge in [0.1, 0.15) is 0 Å². The summed E-state index contributed by atoms with van der Waals surface area (Å²) >= 11 is 0. The molecular weight excluding hydrogens is 228 g/mol. The highest BCUT2D eigenvalue weighted by Crippen LogP contribution is 2.66. The Hall–Kier alpha value is -0.380.